The molecule has 1 atom stereocenters. The van der Waals surface area contributed by atoms with Crippen LogP contribution in [0.5, 0.6) is 0 Å². The van der Waals surface area contributed by atoms with Crippen molar-refractivity contribution in [2.75, 3.05) is 12.8 Å². The van der Waals surface area contributed by atoms with E-state index in [0.717, 1.165) is 5.75 Å². The fraction of sp³-hybridized carbons (Fsp3) is 0.571. The van der Waals surface area contributed by atoms with Crippen LogP contribution in [0, 0.1) is 0 Å². The number of rotatable bonds is 8. The van der Waals surface area contributed by atoms with Gasteiger partial charge in [-0.1, -0.05) is 38.3 Å². The van der Waals surface area contributed by atoms with Gasteiger partial charge < -0.3 is 5.32 Å². The Balaban J connectivity index is 2.34. The molecule has 1 N–H and O–H groups in total. The number of halogens is 1. The summed E-state index contributed by atoms with van der Waals surface area (Å²) < 4.78 is 1.20. The van der Waals surface area contributed by atoms with Crippen molar-refractivity contribution in [3.8, 4) is 0 Å². The van der Waals surface area contributed by atoms with Gasteiger partial charge in [0.25, 0.3) is 0 Å². The zero-order valence-electron chi connectivity index (χ0n) is 10.7. The van der Waals surface area contributed by atoms with E-state index in [9.17, 15) is 0 Å². The summed E-state index contributed by atoms with van der Waals surface area (Å²) in [6.45, 7) is 2.25. The van der Waals surface area contributed by atoms with E-state index < -0.39 is 0 Å². The van der Waals surface area contributed by atoms with E-state index in [0.29, 0.717) is 6.04 Å². The van der Waals surface area contributed by atoms with Gasteiger partial charge in [0, 0.05) is 21.2 Å². The molecule has 0 bridgehead atoms. The van der Waals surface area contributed by atoms with Crippen LogP contribution in [-0.4, -0.2) is 18.8 Å². The Labute approximate surface area is 118 Å². The van der Waals surface area contributed by atoms with Gasteiger partial charge in [0.15, 0.2) is 0 Å². The fourth-order valence-corrected chi connectivity index (χ4v) is 3.43. The van der Waals surface area contributed by atoms with E-state index >= 15 is 0 Å². The maximum atomic E-state index is 3.59. The van der Waals surface area contributed by atoms with E-state index in [-0.39, 0.29) is 0 Å². The van der Waals surface area contributed by atoms with Crippen molar-refractivity contribution in [1.29, 1.82) is 0 Å². The van der Waals surface area contributed by atoms with Gasteiger partial charge in [-0.3, -0.25) is 0 Å². The Morgan fingerprint density at radius 1 is 1.29 bits per heavy atom. The second-order valence-electron chi connectivity index (χ2n) is 4.22. The Hall–Kier alpha value is 0.01000. The third-order valence-corrected chi connectivity index (χ3v) is 5.03. The third-order valence-electron chi connectivity index (χ3n) is 2.84. The van der Waals surface area contributed by atoms with Gasteiger partial charge in [-0.25, -0.2) is 0 Å². The highest BCUT2D eigenvalue weighted by molar-refractivity contribution is 9.10. The molecule has 0 heterocycles. The molecule has 1 aromatic rings. The Kier molecular flexibility index (Phi) is 7.99. The highest BCUT2D eigenvalue weighted by Crippen LogP contribution is 2.27. The van der Waals surface area contributed by atoms with Crippen molar-refractivity contribution < 1.29 is 0 Å². The monoisotopic (exact) mass is 315 g/mol. The Morgan fingerprint density at radius 2 is 2.06 bits per heavy atom. The predicted octanol–water partition coefficient (Wildman–Crippen LogP) is 4.71. The maximum absolute atomic E-state index is 3.59. The molecule has 0 amide bonds. The van der Waals surface area contributed by atoms with Crippen molar-refractivity contribution in [2.24, 2.45) is 0 Å². The van der Waals surface area contributed by atoms with Gasteiger partial charge in [0.05, 0.1) is 0 Å². The highest BCUT2D eigenvalue weighted by atomic mass is 79.9. The molecular weight excluding hydrogens is 294 g/mol. The van der Waals surface area contributed by atoms with Crippen LogP contribution in [0.1, 0.15) is 32.6 Å². The second-order valence-corrected chi connectivity index (χ2v) is 6.14. The summed E-state index contributed by atoms with van der Waals surface area (Å²) >= 11 is 5.52. The minimum absolute atomic E-state index is 0.624. The van der Waals surface area contributed by atoms with Crippen molar-refractivity contribution in [1.82, 2.24) is 5.32 Å². The molecule has 1 aromatic carbocycles. The van der Waals surface area contributed by atoms with Crippen molar-refractivity contribution in [2.45, 2.75) is 43.5 Å². The van der Waals surface area contributed by atoms with E-state index in [1.807, 2.05) is 11.8 Å². The number of hydrogen-bond acceptors (Lipinski definition) is 2. The lowest BCUT2D eigenvalue weighted by Gasteiger charge is -2.15. The first kappa shape index (κ1) is 15.1. The molecule has 0 aliphatic rings. The Bertz CT molecular complexity index is 317. The van der Waals surface area contributed by atoms with Gasteiger partial charge in [0.2, 0.25) is 0 Å². The average Bonchev–Trinajstić information content (AvgIpc) is 2.35. The zero-order chi connectivity index (χ0) is 12.5. The van der Waals surface area contributed by atoms with Crippen molar-refractivity contribution >= 4 is 27.7 Å². The van der Waals surface area contributed by atoms with Gasteiger partial charge in [-0.2, -0.15) is 0 Å². The van der Waals surface area contributed by atoms with Crippen LogP contribution in [0.3, 0.4) is 0 Å². The standard InChI is InChI=1S/C14H22BrNS/c1-3-4-5-8-12(16-2)11-17-14-10-7-6-9-13(14)15/h6-7,9-10,12,16H,3-5,8,11H2,1-2H3. The summed E-state index contributed by atoms with van der Waals surface area (Å²) in [6, 6.07) is 9.06. The molecule has 0 radical (unpaired) electrons. The molecule has 0 spiro atoms. The van der Waals surface area contributed by atoms with Crippen LogP contribution in [0.4, 0.5) is 0 Å². The topological polar surface area (TPSA) is 12.0 Å². The van der Waals surface area contributed by atoms with E-state index in [4.69, 9.17) is 0 Å². The SMILES string of the molecule is CCCCCC(CSc1ccccc1Br)NC. The number of nitrogens with one attached hydrogen (secondary N) is 1. The van der Waals surface area contributed by atoms with Crippen LogP contribution < -0.4 is 5.32 Å². The summed E-state index contributed by atoms with van der Waals surface area (Å²) in [6.07, 6.45) is 5.26. The van der Waals surface area contributed by atoms with Crippen molar-refractivity contribution in [3.05, 3.63) is 28.7 Å². The fourth-order valence-electron chi connectivity index (χ4n) is 1.70. The van der Waals surface area contributed by atoms with Gasteiger partial charge in [-0.05, 0) is 41.5 Å². The molecule has 0 aliphatic carbocycles. The molecule has 1 nitrogen and oxygen atoms in total. The first-order valence-electron chi connectivity index (χ1n) is 6.32. The molecule has 1 rings (SSSR count). The first-order valence-corrected chi connectivity index (χ1v) is 8.10. The first-order chi connectivity index (χ1) is 8.27. The maximum Gasteiger partial charge on any atom is 0.0311 e. The van der Waals surface area contributed by atoms with E-state index in [1.165, 1.54) is 35.1 Å². The quantitative estimate of drug-likeness (QED) is 0.551. The minimum atomic E-state index is 0.624. The molecule has 0 fully saturated rings. The summed E-state index contributed by atoms with van der Waals surface area (Å²) in [5.41, 5.74) is 0. The molecule has 1 unspecified atom stereocenters. The minimum Gasteiger partial charge on any atom is -0.316 e. The molecule has 17 heavy (non-hydrogen) atoms. The zero-order valence-corrected chi connectivity index (χ0v) is 13.1. The summed E-state index contributed by atoms with van der Waals surface area (Å²) in [5, 5.41) is 3.41. The van der Waals surface area contributed by atoms with Crippen LogP contribution in [0.2, 0.25) is 0 Å². The summed E-state index contributed by atoms with van der Waals surface area (Å²) in [4.78, 5) is 1.34. The molecule has 0 aliphatic heterocycles. The molecule has 0 saturated heterocycles. The normalized spacial score (nSPS) is 12.6. The van der Waals surface area contributed by atoms with Gasteiger partial charge >= 0.3 is 0 Å². The van der Waals surface area contributed by atoms with Gasteiger partial charge in [-0.15, -0.1) is 11.8 Å². The van der Waals surface area contributed by atoms with Crippen LogP contribution in [0.25, 0.3) is 0 Å². The Morgan fingerprint density at radius 3 is 2.71 bits per heavy atom. The lowest BCUT2D eigenvalue weighted by Crippen LogP contribution is -2.27. The molecule has 0 aromatic heterocycles. The van der Waals surface area contributed by atoms with Crippen molar-refractivity contribution in [3.63, 3.8) is 0 Å². The highest BCUT2D eigenvalue weighted by Gasteiger charge is 2.07. The summed E-state index contributed by atoms with van der Waals surface area (Å²) in [5.74, 6) is 1.14. The lowest BCUT2D eigenvalue weighted by atomic mass is 10.1. The number of benzene rings is 1. The van der Waals surface area contributed by atoms with Gasteiger partial charge in [0.1, 0.15) is 0 Å². The molecule has 96 valence electrons. The molecular formula is C14H22BrNS. The van der Waals surface area contributed by atoms with E-state index in [2.05, 4.69) is 59.5 Å². The second kappa shape index (κ2) is 9.01. The number of unbranched alkanes of at least 4 members (excludes halogenated alkanes) is 2. The molecule has 0 saturated carbocycles. The van der Waals surface area contributed by atoms with Crippen LogP contribution in [-0.2, 0) is 0 Å². The smallest absolute Gasteiger partial charge is 0.0311 e. The van der Waals surface area contributed by atoms with Crippen LogP contribution >= 0.6 is 27.7 Å². The predicted molar refractivity (Wildman–Crippen MR) is 81.9 cm³/mol. The largest absolute Gasteiger partial charge is 0.316 e. The summed E-state index contributed by atoms with van der Waals surface area (Å²) in [7, 11) is 2.07. The molecule has 3 heteroatoms. The van der Waals surface area contributed by atoms with E-state index in [1.54, 1.807) is 0 Å². The number of thioether (sulfide) groups is 1. The van der Waals surface area contributed by atoms with Crippen LogP contribution in [0.15, 0.2) is 33.6 Å². The third kappa shape index (κ3) is 5.94. The number of hydrogen-bond donors (Lipinski definition) is 1. The lowest BCUT2D eigenvalue weighted by molar-refractivity contribution is 0.531. The average molecular weight is 316 g/mol.